The van der Waals surface area contributed by atoms with Crippen LogP contribution in [0, 0.1) is 0 Å². The van der Waals surface area contributed by atoms with Crippen LogP contribution in [0.15, 0.2) is 45.6 Å². The molecule has 4 nitrogen and oxygen atoms in total. The highest BCUT2D eigenvalue weighted by Gasteiger charge is 2.40. The Kier molecular flexibility index (Phi) is 5.42. The molecular formula is C20H22BrNO3. The fourth-order valence-electron chi connectivity index (χ4n) is 3.70. The van der Waals surface area contributed by atoms with Crippen LogP contribution in [0.25, 0.3) is 6.08 Å². The molecule has 0 atom stereocenters. The van der Waals surface area contributed by atoms with E-state index in [1.165, 1.54) is 13.5 Å². The first-order chi connectivity index (χ1) is 12.0. The molecule has 1 amide bonds. The number of hydrogen-bond acceptors (Lipinski definition) is 3. The van der Waals surface area contributed by atoms with E-state index in [9.17, 15) is 9.59 Å². The van der Waals surface area contributed by atoms with Crippen molar-refractivity contribution < 1.29 is 14.3 Å². The Morgan fingerprint density at radius 1 is 1.20 bits per heavy atom. The third-order valence-corrected chi connectivity index (χ3v) is 5.48. The first kappa shape index (κ1) is 17.9. The van der Waals surface area contributed by atoms with Crippen LogP contribution < -0.4 is 0 Å². The molecule has 0 N–H and O–H groups in total. The van der Waals surface area contributed by atoms with E-state index in [1.807, 2.05) is 36.1 Å². The van der Waals surface area contributed by atoms with Crippen molar-refractivity contribution in [2.45, 2.75) is 45.1 Å². The number of amides is 1. The molecular weight excluding hydrogens is 382 g/mol. The summed E-state index contributed by atoms with van der Waals surface area (Å²) < 4.78 is 5.92. The second-order valence-electron chi connectivity index (χ2n) is 6.53. The topological polar surface area (TPSA) is 46.6 Å². The fourth-order valence-corrected chi connectivity index (χ4v) is 3.97. The lowest BCUT2D eigenvalue weighted by Gasteiger charge is -2.32. The second kappa shape index (κ2) is 7.56. The summed E-state index contributed by atoms with van der Waals surface area (Å²) in [6, 6.07) is 7.84. The average molecular weight is 404 g/mol. The molecule has 3 rings (SSSR count). The van der Waals surface area contributed by atoms with Crippen molar-refractivity contribution in [3.63, 3.8) is 0 Å². The molecule has 0 aromatic heterocycles. The Morgan fingerprint density at radius 2 is 1.84 bits per heavy atom. The Hall–Kier alpha value is -1.88. The van der Waals surface area contributed by atoms with Gasteiger partial charge in [-0.15, -0.1) is 0 Å². The van der Waals surface area contributed by atoms with Gasteiger partial charge in [0.1, 0.15) is 0 Å². The molecule has 132 valence electrons. The van der Waals surface area contributed by atoms with Gasteiger partial charge in [0, 0.05) is 16.2 Å². The summed E-state index contributed by atoms with van der Waals surface area (Å²) in [5, 5.41) is 0. The molecule has 1 aliphatic carbocycles. The van der Waals surface area contributed by atoms with Gasteiger partial charge in [0.25, 0.3) is 5.91 Å². The minimum Gasteiger partial charge on any atom is -0.465 e. The molecule has 25 heavy (non-hydrogen) atoms. The van der Waals surface area contributed by atoms with Crippen LogP contribution in [0.1, 0.15) is 44.6 Å². The van der Waals surface area contributed by atoms with E-state index < -0.39 is 5.97 Å². The number of carbonyl (C=O) groups is 2. The SMILES string of the molecule is COC(=O)C1=C(C)N(C2CCCCC2)C(=O)/C1=C\c1ccc(Br)cc1. The molecule has 1 aromatic rings. The molecule has 5 heteroatoms. The Morgan fingerprint density at radius 3 is 2.44 bits per heavy atom. The van der Waals surface area contributed by atoms with Crippen molar-refractivity contribution in [1.82, 2.24) is 4.90 Å². The highest BCUT2D eigenvalue weighted by atomic mass is 79.9. The second-order valence-corrected chi connectivity index (χ2v) is 7.44. The highest BCUT2D eigenvalue weighted by molar-refractivity contribution is 9.10. The molecule has 0 saturated heterocycles. The lowest BCUT2D eigenvalue weighted by molar-refractivity contribution is -0.136. The monoisotopic (exact) mass is 403 g/mol. The van der Waals surface area contributed by atoms with E-state index in [2.05, 4.69) is 15.9 Å². The number of nitrogens with zero attached hydrogens (tertiary/aromatic N) is 1. The van der Waals surface area contributed by atoms with Crippen molar-refractivity contribution >= 4 is 33.9 Å². The lowest BCUT2D eigenvalue weighted by atomic mass is 9.94. The summed E-state index contributed by atoms with van der Waals surface area (Å²) in [6.45, 7) is 1.85. The number of ether oxygens (including phenoxy) is 1. The fraction of sp³-hybridized carbons (Fsp3) is 0.400. The zero-order valence-corrected chi connectivity index (χ0v) is 16.1. The maximum atomic E-state index is 13.1. The Balaban J connectivity index is 2.02. The zero-order valence-electron chi connectivity index (χ0n) is 14.5. The summed E-state index contributed by atoms with van der Waals surface area (Å²) in [5.74, 6) is -0.541. The first-order valence-electron chi connectivity index (χ1n) is 8.63. The molecule has 2 aliphatic rings. The van der Waals surface area contributed by atoms with Crippen molar-refractivity contribution in [3.05, 3.63) is 51.1 Å². The molecule has 0 radical (unpaired) electrons. The molecule has 1 fully saturated rings. The van der Waals surface area contributed by atoms with Crippen LogP contribution in [0.5, 0.6) is 0 Å². The van der Waals surface area contributed by atoms with Crippen LogP contribution in [-0.2, 0) is 14.3 Å². The number of hydrogen-bond donors (Lipinski definition) is 0. The summed E-state index contributed by atoms with van der Waals surface area (Å²) in [5.41, 5.74) is 2.41. The van der Waals surface area contributed by atoms with Gasteiger partial charge < -0.3 is 9.64 Å². The number of benzene rings is 1. The van der Waals surface area contributed by atoms with Crippen molar-refractivity contribution in [2.24, 2.45) is 0 Å². The van der Waals surface area contributed by atoms with Gasteiger partial charge in [-0.05, 0) is 43.5 Å². The number of allylic oxidation sites excluding steroid dienone is 1. The number of halogens is 1. The van der Waals surface area contributed by atoms with Crippen molar-refractivity contribution in [2.75, 3.05) is 7.11 Å². The molecule has 1 aliphatic heterocycles. The van der Waals surface area contributed by atoms with Gasteiger partial charge in [0.2, 0.25) is 0 Å². The van der Waals surface area contributed by atoms with Crippen LogP contribution in [0.3, 0.4) is 0 Å². The quantitative estimate of drug-likeness (QED) is 0.552. The van der Waals surface area contributed by atoms with Crippen LogP contribution in [0.4, 0.5) is 0 Å². The minimum absolute atomic E-state index is 0.0901. The number of rotatable bonds is 3. The molecule has 0 unspecified atom stereocenters. The van der Waals surface area contributed by atoms with Gasteiger partial charge in [0.05, 0.1) is 18.3 Å². The van der Waals surface area contributed by atoms with Gasteiger partial charge in [-0.3, -0.25) is 4.79 Å². The van der Waals surface area contributed by atoms with E-state index >= 15 is 0 Å². The van der Waals surface area contributed by atoms with Gasteiger partial charge in [-0.25, -0.2) is 4.79 Å². The van der Waals surface area contributed by atoms with Gasteiger partial charge >= 0.3 is 5.97 Å². The summed E-state index contributed by atoms with van der Waals surface area (Å²) in [4.78, 5) is 27.3. The van der Waals surface area contributed by atoms with Gasteiger partial charge in [-0.2, -0.15) is 0 Å². The summed E-state index contributed by atoms with van der Waals surface area (Å²) in [6.07, 6.45) is 7.23. The maximum absolute atomic E-state index is 13.1. The van der Waals surface area contributed by atoms with Crippen LogP contribution in [0.2, 0.25) is 0 Å². The Bertz CT molecular complexity index is 743. The largest absolute Gasteiger partial charge is 0.465 e. The molecule has 1 aromatic carbocycles. The summed E-state index contributed by atoms with van der Waals surface area (Å²) in [7, 11) is 1.35. The van der Waals surface area contributed by atoms with Crippen LogP contribution >= 0.6 is 15.9 Å². The van der Waals surface area contributed by atoms with E-state index in [4.69, 9.17) is 4.74 Å². The number of esters is 1. The Labute approximate surface area is 156 Å². The van der Waals surface area contributed by atoms with E-state index in [0.717, 1.165) is 35.7 Å². The van der Waals surface area contributed by atoms with E-state index in [-0.39, 0.29) is 11.9 Å². The highest BCUT2D eigenvalue weighted by Crippen LogP contribution is 2.36. The standard InChI is InChI=1S/C20H22BrNO3/c1-13-18(20(24)25-2)17(12-14-8-10-15(21)11-9-14)19(23)22(13)16-6-4-3-5-7-16/h8-12,16H,3-7H2,1-2H3/b17-12-. The van der Waals surface area contributed by atoms with E-state index in [1.54, 1.807) is 6.08 Å². The molecule has 0 spiro atoms. The van der Waals surface area contributed by atoms with Crippen LogP contribution in [-0.4, -0.2) is 29.9 Å². The molecule has 0 bridgehead atoms. The number of methoxy groups -OCH3 is 1. The zero-order chi connectivity index (χ0) is 18.0. The molecule has 1 saturated carbocycles. The van der Waals surface area contributed by atoms with Gasteiger partial charge in [0.15, 0.2) is 0 Å². The third-order valence-electron chi connectivity index (χ3n) is 4.95. The lowest BCUT2D eigenvalue weighted by Crippen LogP contribution is -2.37. The third kappa shape index (κ3) is 3.56. The van der Waals surface area contributed by atoms with Crippen molar-refractivity contribution in [1.29, 1.82) is 0 Å². The predicted molar refractivity (Wildman–Crippen MR) is 101 cm³/mol. The average Bonchev–Trinajstić information content (AvgIpc) is 2.87. The number of carbonyl (C=O) groups excluding carboxylic acids is 2. The van der Waals surface area contributed by atoms with Gasteiger partial charge in [-0.1, -0.05) is 47.3 Å². The van der Waals surface area contributed by atoms with Crippen molar-refractivity contribution in [3.8, 4) is 0 Å². The summed E-state index contributed by atoms with van der Waals surface area (Å²) >= 11 is 3.41. The minimum atomic E-state index is -0.451. The normalized spacial score (nSPS) is 20.5. The predicted octanol–water partition coefficient (Wildman–Crippen LogP) is 4.45. The van der Waals surface area contributed by atoms with E-state index in [0.29, 0.717) is 16.8 Å². The maximum Gasteiger partial charge on any atom is 0.340 e. The smallest absolute Gasteiger partial charge is 0.340 e. The molecule has 1 heterocycles. The first-order valence-corrected chi connectivity index (χ1v) is 9.42.